The number of amides is 1. The van der Waals surface area contributed by atoms with Crippen molar-refractivity contribution >= 4 is 27.5 Å². The van der Waals surface area contributed by atoms with Crippen molar-refractivity contribution in [3.05, 3.63) is 24.3 Å². The predicted molar refractivity (Wildman–Crippen MR) is 64.7 cm³/mol. The molecule has 1 N–H and O–H groups in total. The maximum atomic E-state index is 11.2. The Morgan fingerprint density at radius 2 is 2.20 bits per heavy atom. The van der Waals surface area contributed by atoms with E-state index in [-0.39, 0.29) is 11.2 Å². The van der Waals surface area contributed by atoms with Crippen LogP contribution in [0.5, 0.6) is 5.75 Å². The van der Waals surface area contributed by atoms with Gasteiger partial charge in [-0.25, -0.2) is 0 Å². The van der Waals surface area contributed by atoms with E-state index in [1.54, 1.807) is 0 Å². The quantitative estimate of drug-likeness (QED) is 0.837. The number of rotatable bonds is 5. The molecule has 0 fully saturated rings. The Labute approximate surface area is 97.9 Å². The predicted octanol–water partition coefficient (Wildman–Crippen LogP) is 2.81. The van der Waals surface area contributed by atoms with Gasteiger partial charge in [0.15, 0.2) is 0 Å². The van der Waals surface area contributed by atoms with Crippen molar-refractivity contribution in [3.63, 3.8) is 0 Å². The number of hydrogen-bond acceptors (Lipinski definition) is 2. The van der Waals surface area contributed by atoms with Gasteiger partial charge in [-0.2, -0.15) is 0 Å². The zero-order chi connectivity index (χ0) is 11.1. The van der Waals surface area contributed by atoms with Crippen LogP contribution in [-0.4, -0.2) is 17.8 Å². The summed E-state index contributed by atoms with van der Waals surface area (Å²) >= 11 is 3.10. The maximum absolute atomic E-state index is 11.2. The van der Waals surface area contributed by atoms with Crippen LogP contribution in [0.15, 0.2) is 24.3 Å². The van der Waals surface area contributed by atoms with Crippen LogP contribution in [0.2, 0.25) is 0 Å². The molecule has 15 heavy (non-hydrogen) atoms. The van der Waals surface area contributed by atoms with Crippen molar-refractivity contribution in [3.8, 4) is 5.75 Å². The average Bonchev–Trinajstić information content (AvgIpc) is 2.28. The average molecular weight is 272 g/mol. The summed E-state index contributed by atoms with van der Waals surface area (Å²) < 4.78 is 5.50. The molecule has 4 heteroatoms. The minimum Gasteiger partial charge on any atom is -0.491 e. The SMILES string of the molecule is CCCOc1ccccc1NC(=O)CBr. The highest BCUT2D eigenvalue weighted by atomic mass is 79.9. The van der Waals surface area contributed by atoms with E-state index in [4.69, 9.17) is 4.74 Å². The molecule has 1 rings (SSSR count). The standard InChI is InChI=1S/C11H14BrNO2/c1-2-7-15-10-6-4-3-5-9(10)13-11(14)8-12/h3-6H,2,7-8H2,1H3,(H,13,14). The maximum Gasteiger partial charge on any atom is 0.235 e. The van der Waals surface area contributed by atoms with E-state index in [1.807, 2.05) is 31.2 Å². The van der Waals surface area contributed by atoms with Crippen molar-refractivity contribution < 1.29 is 9.53 Å². The van der Waals surface area contributed by atoms with Crippen LogP contribution in [0, 0.1) is 0 Å². The molecule has 0 aliphatic heterocycles. The van der Waals surface area contributed by atoms with Crippen molar-refractivity contribution in [2.24, 2.45) is 0 Å². The van der Waals surface area contributed by atoms with Crippen molar-refractivity contribution in [1.82, 2.24) is 0 Å². The van der Waals surface area contributed by atoms with Gasteiger partial charge in [-0.05, 0) is 18.6 Å². The highest BCUT2D eigenvalue weighted by molar-refractivity contribution is 9.09. The van der Waals surface area contributed by atoms with Gasteiger partial charge in [-0.1, -0.05) is 35.0 Å². The number of halogens is 1. The Hall–Kier alpha value is -1.03. The summed E-state index contributed by atoms with van der Waals surface area (Å²) in [6.07, 6.45) is 0.945. The first-order valence-electron chi connectivity index (χ1n) is 4.85. The molecule has 0 atom stereocenters. The van der Waals surface area contributed by atoms with E-state index in [2.05, 4.69) is 21.2 Å². The topological polar surface area (TPSA) is 38.3 Å². The van der Waals surface area contributed by atoms with Crippen LogP contribution in [0.4, 0.5) is 5.69 Å². The van der Waals surface area contributed by atoms with E-state index in [0.717, 1.165) is 12.1 Å². The normalized spacial score (nSPS) is 9.73. The van der Waals surface area contributed by atoms with Crippen molar-refractivity contribution in [2.75, 3.05) is 17.3 Å². The van der Waals surface area contributed by atoms with E-state index in [0.29, 0.717) is 12.4 Å². The lowest BCUT2D eigenvalue weighted by Gasteiger charge is -2.10. The smallest absolute Gasteiger partial charge is 0.235 e. The van der Waals surface area contributed by atoms with Gasteiger partial charge in [0, 0.05) is 0 Å². The van der Waals surface area contributed by atoms with Gasteiger partial charge in [0.1, 0.15) is 5.75 Å². The highest BCUT2D eigenvalue weighted by Crippen LogP contribution is 2.23. The van der Waals surface area contributed by atoms with Crippen molar-refractivity contribution in [1.29, 1.82) is 0 Å². The number of anilines is 1. The first-order chi connectivity index (χ1) is 7.27. The fraction of sp³-hybridized carbons (Fsp3) is 0.364. The zero-order valence-electron chi connectivity index (χ0n) is 8.63. The third-order valence-electron chi connectivity index (χ3n) is 1.74. The molecule has 1 aromatic carbocycles. The molecule has 0 unspecified atom stereocenters. The van der Waals surface area contributed by atoms with Crippen LogP contribution < -0.4 is 10.1 Å². The molecule has 0 heterocycles. The number of ether oxygens (including phenoxy) is 1. The first-order valence-corrected chi connectivity index (χ1v) is 5.97. The van der Waals surface area contributed by atoms with Gasteiger partial charge in [0.05, 0.1) is 17.6 Å². The molecule has 82 valence electrons. The summed E-state index contributed by atoms with van der Waals surface area (Å²) in [6, 6.07) is 7.42. The van der Waals surface area contributed by atoms with Gasteiger partial charge >= 0.3 is 0 Å². The first kappa shape index (κ1) is 12.0. The van der Waals surface area contributed by atoms with E-state index in [9.17, 15) is 4.79 Å². The number of benzene rings is 1. The number of para-hydroxylation sites is 2. The van der Waals surface area contributed by atoms with Crippen LogP contribution in [-0.2, 0) is 4.79 Å². The Bertz CT molecular complexity index is 328. The van der Waals surface area contributed by atoms with E-state index in [1.165, 1.54) is 0 Å². The second kappa shape index (κ2) is 6.45. The summed E-state index contributed by atoms with van der Waals surface area (Å²) in [5.74, 6) is 0.635. The summed E-state index contributed by atoms with van der Waals surface area (Å²) in [4.78, 5) is 11.2. The molecule has 0 bridgehead atoms. The van der Waals surface area contributed by atoms with Crippen LogP contribution >= 0.6 is 15.9 Å². The monoisotopic (exact) mass is 271 g/mol. The molecule has 0 spiro atoms. The third-order valence-corrected chi connectivity index (χ3v) is 2.25. The van der Waals surface area contributed by atoms with Crippen molar-refractivity contribution in [2.45, 2.75) is 13.3 Å². The molecule has 0 aliphatic carbocycles. The fourth-order valence-electron chi connectivity index (χ4n) is 1.09. The Morgan fingerprint density at radius 1 is 1.47 bits per heavy atom. The number of hydrogen-bond donors (Lipinski definition) is 1. The van der Waals surface area contributed by atoms with E-state index >= 15 is 0 Å². The molecule has 0 saturated heterocycles. The lowest BCUT2D eigenvalue weighted by Crippen LogP contribution is -2.13. The Morgan fingerprint density at radius 3 is 2.87 bits per heavy atom. The minimum absolute atomic E-state index is 0.0810. The van der Waals surface area contributed by atoms with Gasteiger partial charge in [-0.15, -0.1) is 0 Å². The number of carbonyl (C=O) groups is 1. The van der Waals surface area contributed by atoms with Crippen LogP contribution in [0.1, 0.15) is 13.3 Å². The summed E-state index contributed by atoms with van der Waals surface area (Å²) in [5, 5.41) is 3.05. The molecule has 0 radical (unpaired) electrons. The van der Waals surface area contributed by atoms with E-state index < -0.39 is 0 Å². The van der Waals surface area contributed by atoms with Crippen LogP contribution in [0.3, 0.4) is 0 Å². The molecule has 0 saturated carbocycles. The Balaban J connectivity index is 2.72. The van der Waals surface area contributed by atoms with Gasteiger partial charge < -0.3 is 10.1 Å². The minimum atomic E-state index is -0.0810. The molecule has 0 aromatic heterocycles. The molecule has 3 nitrogen and oxygen atoms in total. The zero-order valence-corrected chi connectivity index (χ0v) is 10.2. The summed E-state index contributed by atoms with van der Waals surface area (Å²) in [6.45, 7) is 2.70. The molecule has 1 amide bonds. The second-order valence-electron chi connectivity index (χ2n) is 3.03. The lowest BCUT2D eigenvalue weighted by atomic mass is 10.3. The summed E-state index contributed by atoms with van der Waals surface area (Å²) in [5.41, 5.74) is 0.718. The fourth-order valence-corrected chi connectivity index (χ4v) is 1.23. The molecular formula is C11H14BrNO2. The number of alkyl halides is 1. The lowest BCUT2D eigenvalue weighted by molar-refractivity contribution is -0.113. The second-order valence-corrected chi connectivity index (χ2v) is 3.59. The van der Waals surface area contributed by atoms with Gasteiger partial charge in [0.2, 0.25) is 5.91 Å². The van der Waals surface area contributed by atoms with Gasteiger partial charge in [-0.3, -0.25) is 4.79 Å². The third kappa shape index (κ3) is 3.91. The van der Waals surface area contributed by atoms with Gasteiger partial charge in [0.25, 0.3) is 0 Å². The van der Waals surface area contributed by atoms with Crippen LogP contribution in [0.25, 0.3) is 0 Å². The molecular weight excluding hydrogens is 258 g/mol. The number of nitrogens with one attached hydrogen (secondary N) is 1. The Kier molecular flexibility index (Phi) is 5.18. The summed E-state index contributed by atoms with van der Waals surface area (Å²) in [7, 11) is 0. The largest absolute Gasteiger partial charge is 0.491 e. The molecule has 0 aliphatic rings. The number of carbonyl (C=O) groups excluding carboxylic acids is 1. The highest BCUT2D eigenvalue weighted by Gasteiger charge is 2.05. The molecule has 1 aromatic rings.